The van der Waals surface area contributed by atoms with Gasteiger partial charge in [-0.05, 0) is 32.6 Å². The molecule has 0 aromatic heterocycles. The van der Waals surface area contributed by atoms with Gasteiger partial charge in [0.15, 0.2) is 5.96 Å². The third-order valence-electron chi connectivity index (χ3n) is 5.74. The van der Waals surface area contributed by atoms with Crippen molar-refractivity contribution < 1.29 is 5.11 Å². The van der Waals surface area contributed by atoms with Crippen molar-refractivity contribution >= 4 is 17.7 Å². The Bertz CT molecular complexity index is 404. The van der Waals surface area contributed by atoms with E-state index in [1.54, 1.807) is 0 Å². The van der Waals surface area contributed by atoms with E-state index in [9.17, 15) is 5.11 Å². The second-order valence-electron chi connectivity index (χ2n) is 7.47. The highest BCUT2D eigenvalue weighted by atomic mass is 32.2. The van der Waals surface area contributed by atoms with E-state index < -0.39 is 0 Å². The highest BCUT2D eigenvalue weighted by Gasteiger charge is 2.38. The van der Waals surface area contributed by atoms with Gasteiger partial charge in [0.2, 0.25) is 0 Å². The number of thioether (sulfide) groups is 1. The zero-order valence-corrected chi connectivity index (χ0v) is 15.4. The average Bonchev–Trinajstić information content (AvgIpc) is 2.97. The molecule has 2 aliphatic carbocycles. The molecule has 3 aliphatic rings. The van der Waals surface area contributed by atoms with Gasteiger partial charge < -0.3 is 15.3 Å². The molecule has 0 bridgehead atoms. The van der Waals surface area contributed by atoms with Crippen molar-refractivity contribution in [1.82, 2.24) is 10.2 Å². The number of rotatable bonds is 3. The number of hydrogen-bond acceptors (Lipinski definition) is 3. The van der Waals surface area contributed by atoms with Crippen LogP contribution in [0.2, 0.25) is 0 Å². The minimum absolute atomic E-state index is 0.136. The normalized spacial score (nSPS) is 31.6. The van der Waals surface area contributed by atoms with Crippen LogP contribution in [-0.4, -0.2) is 58.7 Å². The lowest BCUT2D eigenvalue weighted by atomic mass is 9.87. The van der Waals surface area contributed by atoms with Crippen LogP contribution in [-0.2, 0) is 0 Å². The topological polar surface area (TPSA) is 47.9 Å². The van der Waals surface area contributed by atoms with Crippen molar-refractivity contribution in [2.45, 2.75) is 69.1 Å². The number of aliphatic hydroxyl groups excluding tert-OH is 1. The summed E-state index contributed by atoms with van der Waals surface area (Å²) >= 11 is 2.21. The molecule has 1 saturated heterocycles. The second-order valence-corrected chi connectivity index (χ2v) is 9.03. The van der Waals surface area contributed by atoms with Gasteiger partial charge in [-0.25, -0.2) is 0 Å². The monoisotopic (exact) mass is 339 g/mol. The predicted octanol–water partition coefficient (Wildman–Crippen LogP) is 2.86. The van der Waals surface area contributed by atoms with Gasteiger partial charge in [0, 0.05) is 42.6 Å². The first-order valence-corrected chi connectivity index (χ1v) is 10.6. The Kier molecular flexibility index (Phi) is 6.13. The van der Waals surface area contributed by atoms with Gasteiger partial charge in [0.1, 0.15) is 0 Å². The fourth-order valence-electron chi connectivity index (χ4n) is 4.38. The number of guanidine groups is 1. The minimum Gasteiger partial charge on any atom is -0.393 e. The molecule has 0 aromatic rings. The lowest BCUT2D eigenvalue weighted by Gasteiger charge is -2.45. The fourth-order valence-corrected chi connectivity index (χ4v) is 5.95. The average molecular weight is 340 g/mol. The zero-order valence-electron chi connectivity index (χ0n) is 14.6. The summed E-state index contributed by atoms with van der Waals surface area (Å²) in [6.45, 7) is 6.10. The van der Waals surface area contributed by atoms with E-state index in [0.717, 1.165) is 51.4 Å². The standard InChI is InChI=1S/C18H33N3OS/c1-2-19-17(20-13-15-7-6-8-16(15)22)21-11-12-23-18(14-21)9-4-3-5-10-18/h15-16,22H,2-14H2,1H3,(H,19,20). The van der Waals surface area contributed by atoms with Crippen LogP contribution in [0, 0.1) is 5.92 Å². The third-order valence-corrected chi connectivity index (χ3v) is 7.28. The van der Waals surface area contributed by atoms with Gasteiger partial charge in [-0.3, -0.25) is 4.99 Å². The summed E-state index contributed by atoms with van der Waals surface area (Å²) in [4.78, 5) is 7.40. The quantitative estimate of drug-likeness (QED) is 0.613. The minimum atomic E-state index is -0.136. The van der Waals surface area contributed by atoms with E-state index in [2.05, 4.69) is 28.9 Å². The Morgan fingerprint density at radius 1 is 1.26 bits per heavy atom. The summed E-state index contributed by atoms with van der Waals surface area (Å²) < 4.78 is 0.472. The van der Waals surface area contributed by atoms with Gasteiger partial charge in [0.25, 0.3) is 0 Å². The van der Waals surface area contributed by atoms with Crippen molar-refractivity contribution in [1.29, 1.82) is 0 Å². The van der Waals surface area contributed by atoms with Crippen molar-refractivity contribution in [2.75, 3.05) is 31.9 Å². The molecule has 5 heteroatoms. The van der Waals surface area contributed by atoms with Crippen molar-refractivity contribution in [3.05, 3.63) is 0 Å². The SMILES string of the molecule is CCNC(=NCC1CCCC1O)N1CCSC2(CCCCC2)C1. The lowest BCUT2D eigenvalue weighted by Crippen LogP contribution is -2.53. The molecule has 3 fully saturated rings. The molecule has 0 amide bonds. The summed E-state index contributed by atoms with van der Waals surface area (Å²) in [7, 11) is 0. The number of aliphatic hydroxyl groups is 1. The highest BCUT2D eigenvalue weighted by molar-refractivity contribution is 8.00. The van der Waals surface area contributed by atoms with Crippen molar-refractivity contribution in [3.8, 4) is 0 Å². The number of hydrogen-bond donors (Lipinski definition) is 2. The lowest BCUT2D eigenvalue weighted by molar-refractivity contribution is 0.136. The molecule has 2 atom stereocenters. The van der Waals surface area contributed by atoms with E-state index in [-0.39, 0.29) is 6.10 Å². The van der Waals surface area contributed by atoms with Crippen LogP contribution < -0.4 is 5.32 Å². The smallest absolute Gasteiger partial charge is 0.193 e. The molecule has 1 heterocycles. The Morgan fingerprint density at radius 3 is 2.78 bits per heavy atom. The number of nitrogens with one attached hydrogen (secondary N) is 1. The predicted molar refractivity (Wildman–Crippen MR) is 99.2 cm³/mol. The largest absolute Gasteiger partial charge is 0.393 e. The second kappa shape index (κ2) is 8.11. The van der Waals surface area contributed by atoms with Gasteiger partial charge >= 0.3 is 0 Å². The van der Waals surface area contributed by atoms with E-state index in [0.29, 0.717) is 10.7 Å². The fraction of sp³-hybridized carbons (Fsp3) is 0.944. The van der Waals surface area contributed by atoms with Gasteiger partial charge in [-0.15, -0.1) is 0 Å². The number of nitrogens with zero attached hydrogens (tertiary/aromatic N) is 2. The molecule has 23 heavy (non-hydrogen) atoms. The first kappa shape index (κ1) is 17.4. The Morgan fingerprint density at radius 2 is 2.09 bits per heavy atom. The Labute approximate surface area is 145 Å². The van der Waals surface area contributed by atoms with Gasteiger partial charge in [-0.1, -0.05) is 25.7 Å². The third kappa shape index (κ3) is 4.36. The molecule has 2 N–H and O–H groups in total. The summed E-state index contributed by atoms with van der Waals surface area (Å²) in [5, 5.41) is 13.5. The Balaban J connectivity index is 1.64. The maximum absolute atomic E-state index is 10.0. The first-order chi connectivity index (χ1) is 11.2. The van der Waals surface area contributed by atoms with Gasteiger partial charge in [0.05, 0.1) is 6.10 Å². The summed E-state index contributed by atoms with van der Waals surface area (Å²) in [5.41, 5.74) is 0. The molecule has 2 saturated carbocycles. The van der Waals surface area contributed by atoms with Crippen LogP contribution >= 0.6 is 11.8 Å². The molecule has 0 aromatic carbocycles. The zero-order chi connectivity index (χ0) is 16.1. The summed E-state index contributed by atoms with van der Waals surface area (Å²) in [5.74, 6) is 2.67. The van der Waals surface area contributed by atoms with Crippen LogP contribution in [0.1, 0.15) is 58.3 Å². The van der Waals surface area contributed by atoms with E-state index >= 15 is 0 Å². The number of aliphatic imine (C=N–C) groups is 1. The molecular weight excluding hydrogens is 306 g/mol. The van der Waals surface area contributed by atoms with E-state index in [1.807, 2.05) is 0 Å². The first-order valence-electron chi connectivity index (χ1n) is 9.58. The van der Waals surface area contributed by atoms with Crippen molar-refractivity contribution in [2.24, 2.45) is 10.9 Å². The molecule has 2 unspecified atom stereocenters. The molecule has 0 radical (unpaired) electrons. The molecule has 1 aliphatic heterocycles. The molecule has 4 nitrogen and oxygen atoms in total. The van der Waals surface area contributed by atoms with E-state index in [4.69, 9.17) is 4.99 Å². The van der Waals surface area contributed by atoms with E-state index in [1.165, 1.54) is 37.9 Å². The summed E-state index contributed by atoms with van der Waals surface area (Å²) in [6, 6.07) is 0. The highest BCUT2D eigenvalue weighted by Crippen LogP contribution is 2.42. The van der Waals surface area contributed by atoms with Crippen LogP contribution in [0.3, 0.4) is 0 Å². The van der Waals surface area contributed by atoms with Crippen LogP contribution in [0.4, 0.5) is 0 Å². The molecule has 3 rings (SSSR count). The molecule has 1 spiro atoms. The Hall–Kier alpha value is -0.420. The van der Waals surface area contributed by atoms with Gasteiger partial charge in [-0.2, -0.15) is 11.8 Å². The molecule has 132 valence electrons. The molecular formula is C18H33N3OS. The van der Waals surface area contributed by atoms with Crippen LogP contribution in [0.15, 0.2) is 4.99 Å². The van der Waals surface area contributed by atoms with Crippen LogP contribution in [0.25, 0.3) is 0 Å². The maximum atomic E-state index is 10.0. The summed E-state index contributed by atoms with van der Waals surface area (Å²) in [6.07, 6.45) is 10.0. The van der Waals surface area contributed by atoms with Crippen LogP contribution in [0.5, 0.6) is 0 Å². The maximum Gasteiger partial charge on any atom is 0.193 e. The van der Waals surface area contributed by atoms with Crippen molar-refractivity contribution in [3.63, 3.8) is 0 Å².